The van der Waals surface area contributed by atoms with Crippen LogP contribution in [0.1, 0.15) is 30.8 Å². The third kappa shape index (κ3) is 2.64. The van der Waals surface area contributed by atoms with Crippen LogP contribution in [0, 0.1) is 0 Å². The largest absolute Gasteiger partial charge is 0.467 e. The van der Waals surface area contributed by atoms with Crippen LogP contribution in [0.3, 0.4) is 0 Å². The van der Waals surface area contributed by atoms with Crippen LogP contribution in [0.5, 0.6) is 0 Å². The average Bonchev–Trinajstić information content (AvgIpc) is 3.18. The molecule has 114 valence electrons. The molecular formula is C17H20N4O. The Hall–Kier alpha value is -2.14. The van der Waals surface area contributed by atoms with Gasteiger partial charge in [0.15, 0.2) is 5.65 Å². The Kier molecular flexibility index (Phi) is 3.64. The van der Waals surface area contributed by atoms with Crippen molar-refractivity contribution >= 4 is 11.2 Å². The van der Waals surface area contributed by atoms with Gasteiger partial charge < -0.3 is 14.3 Å². The number of imidazole rings is 1. The fraction of sp³-hybridized carbons (Fsp3) is 0.412. The van der Waals surface area contributed by atoms with Gasteiger partial charge in [-0.05, 0) is 43.7 Å². The van der Waals surface area contributed by atoms with Gasteiger partial charge in [-0.15, -0.1) is 0 Å². The Morgan fingerprint density at radius 2 is 2.27 bits per heavy atom. The molecule has 0 aromatic carbocycles. The number of nitrogens with zero attached hydrogens (tertiary/aromatic N) is 3. The van der Waals surface area contributed by atoms with E-state index in [1.807, 2.05) is 30.5 Å². The lowest BCUT2D eigenvalue weighted by Gasteiger charge is -2.23. The van der Waals surface area contributed by atoms with Crippen molar-refractivity contribution in [1.29, 1.82) is 0 Å². The second-order valence-corrected chi connectivity index (χ2v) is 5.89. The topological polar surface area (TPSA) is 55.9 Å². The Bertz CT molecular complexity index is 741. The summed E-state index contributed by atoms with van der Waals surface area (Å²) < 4.78 is 7.69. The molecule has 5 nitrogen and oxygen atoms in total. The van der Waals surface area contributed by atoms with Gasteiger partial charge in [-0.2, -0.15) is 0 Å². The van der Waals surface area contributed by atoms with E-state index in [9.17, 15) is 0 Å². The highest BCUT2D eigenvalue weighted by Crippen LogP contribution is 2.19. The average molecular weight is 296 g/mol. The molecule has 3 aromatic heterocycles. The van der Waals surface area contributed by atoms with Crippen LogP contribution in [0.25, 0.3) is 11.2 Å². The Labute approximate surface area is 129 Å². The van der Waals surface area contributed by atoms with Crippen molar-refractivity contribution in [2.75, 3.05) is 6.54 Å². The van der Waals surface area contributed by atoms with E-state index in [-0.39, 0.29) is 0 Å². The minimum atomic E-state index is 0.515. The molecule has 0 spiro atoms. The van der Waals surface area contributed by atoms with E-state index in [4.69, 9.17) is 9.40 Å². The van der Waals surface area contributed by atoms with E-state index >= 15 is 0 Å². The molecule has 5 heteroatoms. The van der Waals surface area contributed by atoms with Crippen LogP contribution in [0.2, 0.25) is 0 Å². The molecule has 22 heavy (non-hydrogen) atoms. The van der Waals surface area contributed by atoms with Gasteiger partial charge in [0.2, 0.25) is 0 Å². The van der Waals surface area contributed by atoms with Gasteiger partial charge in [-0.25, -0.2) is 9.97 Å². The van der Waals surface area contributed by atoms with Gasteiger partial charge >= 0.3 is 0 Å². The fourth-order valence-electron chi connectivity index (χ4n) is 3.20. The molecule has 1 atom stereocenters. The molecule has 0 radical (unpaired) electrons. The van der Waals surface area contributed by atoms with E-state index in [1.165, 1.54) is 19.3 Å². The summed E-state index contributed by atoms with van der Waals surface area (Å²) in [6.07, 6.45) is 8.28. The maximum absolute atomic E-state index is 5.51. The summed E-state index contributed by atoms with van der Waals surface area (Å²) in [5.74, 6) is 2.02. The molecule has 3 aromatic rings. The van der Waals surface area contributed by atoms with E-state index in [1.54, 1.807) is 6.26 Å². The number of nitrogens with one attached hydrogen (secondary N) is 1. The normalized spacial score (nSPS) is 18.8. The van der Waals surface area contributed by atoms with Gasteiger partial charge in [0.1, 0.15) is 17.1 Å². The molecule has 0 aliphatic carbocycles. The zero-order chi connectivity index (χ0) is 14.8. The number of fused-ring (bicyclic) bond motifs is 1. The van der Waals surface area contributed by atoms with Gasteiger partial charge in [-0.3, -0.25) is 0 Å². The lowest BCUT2D eigenvalue weighted by atomic mass is 10.0. The molecule has 1 aliphatic heterocycles. The van der Waals surface area contributed by atoms with Crippen molar-refractivity contribution in [3.05, 3.63) is 48.3 Å². The van der Waals surface area contributed by atoms with Crippen molar-refractivity contribution in [3.8, 4) is 0 Å². The van der Waals surface area contributed by atoms with Crippen LogP contribution < -0.4 is 5.32 Å². The maximum Gasteiger partial charge on any atom is 0.160 e. The van der Waals surface area contributed by atoms with Gasteiger partial charge in [0.25, 0.3) is 0 Å². The van der Waals surface area contributed by atoms with Crippen molar-refractivity contribution in [2.24, 2.45) is 0 Å². The molecule has 4 rings (SSSR count). The van der Waals surface area contributed by atoms with Crippen molar-refractivity contribution in [1.82, 2.24) is 19.9 Å². The molecule has 1 N–H and O–H groups in total. The standard InChI is InChI=1S/C17H20N4O/c1-2-8-18-13(5-1)11-16-20-15-7-3-9-19-17(15)21(16)12-14-6-4-10-22-14/h3-4,6-7,9-10,13,18H,1-2,5,8,11-12H2. The number of hydrogen-bond donors (Lipinski definition) is 1. The first-order valence-corrected chi connectivity index (χ1v) is 7.96. The predicted molar refractivity (Wildman–Crippen MR) is 84.7 cm³/mol. The second-order valence-electron chi connectivity index (χ2n) is 5.89. The summed E-state index contributed by atoms with van der Waals surface area (Å²) in [6.45, 7) is 1.80. The summed E-state index contributed by atoms with van der Waals surface area (Å²) >= 11 is 0. The summed E-state index contributed by atoms with van der Waals surface area (Å²) in [7, 11) is 0. The Balaban J connectivity index is 1.69. The van der Waals surface area contributed by atoms with Gasteiger partial charge in [0, 0.05) is 18.7 Å². The van der Waals surface area contributed by atoms with E-state index in [0.29, 0.717) is 12.6 Å². The first-order valence-electron chi connectivity index (χ1n) is 7.96. The third-order valence-corrected chi connectivity index (χ3v) is 4.32. The lowest BCUT2D eigenvalue weighted by molar-refractivity contribution is 0.389. The lowest BCUT2D eigenvalue weighted by Crippen LogP contribution is -2.36. The highest BCUT2D eigenvalue weighted by atomic mass is 16.3. The van der Waals surface area contributed by atoms with Crippen LogP contribution >= 0.6 is 0 Å². The number of pyridine rings is 1. The van der Waals surface area contributed by atoms with Crippen LogP contribution in [0.4, 0.5) is 0 Å². The number of aromatic nitrogens is 3. The van der Waals surface area contributed by atoms with E-state index in [0.717, 1.165) is 35.7 Å². The molecule has 1 unspecified atom stereocenters. The summed E-state index contributed by atoms with van der Waals surface area (Å²) in [5.41, 5.74) is 1.89. The summed E-state index contributed by atoms with van der Waals surface area (Å²) in [6, 6.07) is 8.40. The molecule has 0 amide bonds. The van der Waals surface area contributed by atoms with Crippen molar-refractivity contribution in [2.45, 2.75) is 38.3 Å². The van der Waals surface area contributed by atoms with Gasteiger partial charge in [-0.1, -0.05) is 6.42 Å². The van der Waals surface area contributed by atoms with Crippen LogP contribution in [-0.2, 0) is 13.0 Å². The van der Waals surface area contributed by atoms with Crippen molar-refractivity contribution < 1.29 is 4.42 Å². The molecule has 0 saturated carbocycles. The second kappa shape index (κ2) is 5.93. The molecule has 0 bridgehead atoms. The SMILES string of the molecule is c1coc(Cn2c(CC3CCCCN3)nc3cccnc32)c1. The maximum atomic E-state index is 5.51. The quantitative estimate of drug-likeness (QED) is 0.804. The summed E-state index contributed by atoms with van der Waals surface area (Å²) in [4.78, 5) is 9.32. The molecule has 1 saturated heterocycles. The summed E-state index contributed by atoms with van der Waals surface area (Å²) in [5, 5.41) is 3.60. The zero-order valence-corrected chi connectivity index (χ0v) is 12.5. The van der Waals surface area contributed by atoms with Crippen molar-refractivity contribution in [3.63, 3.8) is 0 Å². The smallest absolute Gasteiger partial charge is 0.160 e. The predicted octanol–water partition coefficient (Wildman–Crippen LogP) is 2.76. The Morgan fingerprint density at radius 3 is 3.09 bits per heavy atom. The fourth-order valence-corrected chi connectivity index (χ4v) is 3.20. The number of furan rings is 1. The number of piperidine rings is 1. The number of hydrogen-bond acceptors (Lipinski definition) is 4. The zero-order valence-electron chi connectivity index (χ0n) is 12.5. The first-order chi connectivity index (χ1) is 10.9. The minimum absolute atomic E-state index is 0.515. The van der Waals surface area contributed by atoms with E-state index in [2.05, 4.69) is 14.9 Å². The molecule has 1 fully saturated rings. The highest BCUT2D eigenvalue weighted by Gasteiger charge is 2.19. The molecule has 1 aliphatic rings. The van der Waals surface area contributed by atoms with E-state index < -0.39 is 0 Å². The Morgan fingerprint density at radius 1 is 1.27 bits per heavy atom. The molecule has 4 heterocycles. The van der Waals surface area contributed by atoms with Gasteiger partial charge in [0.05, 0.1) is 12.8 Å². The van der Waals surface area contributed by atoms with Crippen LogP contribution in [-0.4, -0.2) is 27.1 Å². The number of rotatable bonds is 4. The minimum Gasteiger partial charge on any atom is -0.467 e. The third-order valence-electron chi connectivity index (χ3n) is 4.32. The van der Waals surface area contributed by atoms with Crippen LogP contribution in [0.15, 0.2) is 41.1 Å². The molecular weight excluding hydrogens is 276 g/mol. The monoisotopic (exact) mass is 296 g/mol. The first kappa shape index (κ1) is 13.5. The highest BCUT2D eigenvalue weighted by molar-refractivity contribution is 5.71.